The average molecular weight is 245 g/mol. The van der Waals surface area contributed by atoms with E-state index in [0.29, 0.717) is 19.8 Å². The monoisotopic (exact) mass is 245 g/mol. The number of rotatable bonds is 8. The SMILES string of the molecule is CCC(CCOCCCN)C(=O)OC(C)(C)C. The molecule has 0 aliphatic heterocycles. The Morgan fingerprint density at radius 2 is 1.94 bits per heavy atom. The highest BCUT2D eigenvalue weighted by Gasteiger charge is 2.23. The highest BCUT2D eigenvalue weighted by molar-refractivity contribution is 5.72. The van der Waals surface area contributed by atoms with Gasteiger partial charge in [0, 0.05) is 13.2 Å². The van der Waals surface area contributed by atoms with Crippen molar-refractivity contribution >= 4 is 5.97 Å². The second kappa shape index (κ2) is 8.48. The summed E-state index contributed by atoms with van der Waals surface area (Å²) >= 11 is 0. The average Bonchev–Trinajstić information content (AvgIpc) is 2.20. The number of ether oxygens (including phenoxy) is 2. The highest BCUT2D eigenvalue weighted by Crippen LogP contribution is 2.16. The van der Waals surface area contributed by atoms with Gasteiger partial charge < -0.3 is 15.2 Å². The van der Waals surface area contributed by atoms with Crippen LogP contribution in [0.15, 0.2) is 0 Å². The van der Waals surface area contributed by atoms with Crippen molar-refractivity contribution in [1.29, 1.82) is 0 Å². The van der Waals surface area contributed by atoms with E-state index in [1.54, 1.807) is 0 Å². The van der Waals surface area contributed by atoms with Crippen LogP contribution in [0, 0.1) is 5.92 Å². The maximum absolute atomic E-state index is 11.8. The molecule has 0 aliphatic carbocycles. The van der Waals surface area contributed by atoms with Gasteiger partial charge in [0.1, 0.15) is 5.60 Å². The largest absolute Gasteiger partial charge is 0.460 e. The van der Waals surface area contributed by atoms with Crippen molar-refractivity contribution in [2.75, 3.05) is 19.8 Å². The first-order valence-corrected chi connectivity index (χ1v) is 6.41. The van der Waals surface area contributed by atoms with Crippen molar-refractivity contribution in [3.63, 3.8) is 0 Å². The van der Waals surface area contributed by atoms with Crippen LogP contribution in [0.3, 0.4) is 0 Å². The first-order valence-electron chi connectivity index (χ1n) is 6.41. The molecule has 0 amide bonds. The van der Waals surface area contributed by atoms with Crippen molar-refractivity contribution < 1.29 is 14.3 Å². The molecule has 0 aromatic rings. The lowest BCUT2D eigenvalue weighted by atomic mass is 10.0. The zero-order valence-electron chi connectivity index (χ0n) is 11.6. The molecule has 102 valence electrons. The first kappa shape index (κ1) is 16.4. The molecule has 4 heteroatoms. The molecule has 4 nitrogen and oxygen atoms in total. The molecule has 2 N–H and O–H groups in total. The van der Waals surface area contributed by atoms with E-state index in [1.165, 1.54) is 0 Å². The molecule has 0 radical (unpaired) electrons. The lowest BCUT2D eigenvalue weighted by Gasteiger charge is -2.23. The van der Waals surface area contributed by atoms with Gasteiger partial charge in [0.15, 0.2) is 0 Å². The van der Waals surface area contributed by atoms with Crippen LogP contribution in [0.2, 0.25) is 0 Å². The molecular weight excluding hydrogens is 218 g/mol. The van der Waals surface area contributed by atoms with Gasteiger partial charge >= 0.3 is 5.97 Å². The van der Waals surface area contributed by atoms with Gasteiger partial charge in [-0.2, -0.15) is 0 Å². The summed E-state index contributed by atoms with van der Waals surface area (Å²) in [6, 6.07) is 0. The van der Waals surface area contributed by atoms with Crippen molar-refractivity contribution in [2.45, 2.75) is 52.6 Å². The number of nitrogens with two attached hydrogens (primary N) is 1. The summed E-state index contributed by atoms with van der Waals surface area (Å²) in [4.78, 5) is 11.8. The van der Waals surface area contributed by atoms with Gasteiger partial charge in [-0.15, -0.1) is 0 Å². The third kappa shape index (κ3) is 9.12. The smallest absolute Gasteiger partial charge is 0.309 e. The molecule has 1 atom stereocenters. The molecule has 17 heavy (non-hydrogen) atoms. The Kier molecular flexibility index (Phi) is 8.17. The quantitative estimate of drug-likeness (QED) is 0.525. The summed E-state index contributed by atoms with van der Waals surface area (Å²) in [6.45, 7) is 9.55. The molecule has 0 heterocycles. The number of esters is 1. The van der Waals surface area contributed by atoms with Gasteiger partial charge in [-0.25, -0.2) is 0 Å². The minimum absolute atomic E-state index is 0.0629. The Balaban J connectivity index is 3.86. The number of hydrogen-bond donors (Lipinski definition) is 1. The first-order chi connectivity index (χ1) is 7.90. The predicted octanol–water partition coefficient (Wildman–Crippen LogP) is 2.11. The van der Waals surface area contributed by atoms with Crippen LogP contribution in [-0.4, -0.2) is 31.3 Å². The van der Waals surface area contributed by atoms with Crippen molar-refractivity contribution in [1.82, 2.24) is 0 Å². The summed E-state index contributed by atoms with van der Waals surface area (Å²) in [5, 5.41) is 0. The fraction of sp³-hybridized carbons (Fsp3) is 0.923. The van der Waals surface area contributed by atoms with E-state index < -0.39 is 5.60 Å². The number of carbonyl (C=O) groups excluding carboxylic acids is 1. The zero-order valence-corrected chi connectivity index (χ0v) is 11.6. The summed E-state index contributed by atoms with van der Waals surface area (Å²) in [6.07, 6.45) is 2.37. The van der Waals surface area contributed by atoms with Gasteiger partial charge in [0.25, 0.3) is 0 Å². The van der Waals surface area contributed by atoms with Gasteiger partial charge in [-0.05, 0) is 46.6 Å². The number of hydrogen-bond acceptors (Lipinski definition) is 4. The second-order valence-corrected chi connectivity index (χ2v) is 5.18. The zero-order chi connectivity index (χ0) is 13.3. The van der Waals surface area contributed by atoms with Crippen molar-refractivity contribution in [2.24, 2.45) is 11.7 Å². The normalized spacial score (nSPS) is 13.5. The van der Waals surface area contributed by atoms with Crippen molar-refractivity contribution in [3.05, 3.63) is 0 Å². The fourth-order valence-electron chi connectivity index (χ4n) is 1.39. The molecule has 0 spiro atoms. The Bertz CT molecular complexity index is 211. The lowest BCUT2D eigenvalue weighted by molar-refractivity contribution is -0.160. The van der Waals surface area contributed by atoms with Crippen LogP contribution in [0.1, 0.15) is 47.0 Å². The Hall–Kier alpha value is -0.610. The molecule has 0 saturated heterocycles. The van der Waals surface area contributed by atoms with Crippen LogP contribution in [-0.2, 0) is 14.3 Å². The van der Waals surface area contributed by atoms with Gasteiger partial charge in [-0.1, -0.05) is 6.92 Å². The summed E-state index contributed by atoms with van der Waals surface area (Å²) in [7, 11) is 0. The summed E-state index contributed by atoms with van der Waals surface area (Å²) < 4.78 is 10.8. The summed E-state index contributed by atoms with van der Waals surface area (Å²) in [5.74, 6) is -0.186. The minimum Gasteiger partial charge on any atom is -0.460 e. The van der Waals surface area contributed by atoms with Crippen LogP contribution >= 0.6 is 0 Å². The molecule has 0 rings (SSSR count). The molecule has 0 aliphatic rings. The molecule has 1 unspecified atom stereocenters. The van der Waals surface area contributed by atoms with E-state index in [9.17, 15) is 4.79 Å². The molecule has 0 fully saturated rings. The molecule has 0 bridgehead atoms. The highest BCUT2D eigenvalue weighted by atomic mass is 16.6. The van der Waals surface area contributed by atoms with E-state index in [2.05, 4.69) is 0 Å². The van der Waals surface area contributed by atoms with E-state index in [-0.39, 0.29) is 11.9 Å². The van der Waals surface area contributed by atoms with Gasteiger partial charge in [0.2, 0.25) is 0 Å². The Morgan fingerprint density at radius 3 is 2.41 bits per heavy atom. The summed E-state index contributed by atoms with van der Waals surface area (Å²) in [5.41, 5.74) is 4.95. The second-order valence-electron chi connectivity index (χ2n) is 5.18. The lowest BCUT2D eigenvalue weighted by Crippen LogP contribution is -2.29. The van der Waals surface area contributed by atoms with E-state index in [4.69, 9.17) is 15.2 Å². The Labute approximate surface area is 105 Å². The third-order valence-corrected chi connectivity index (χ3v) is 2.34. The molecule has 0 aromatic heterocycles. The minimum atomic E-state index is -0.412. The van der Waals surface area contributed by atoms with Crippen LogP contribution in [0.5, 0.6) is 0 Å². The third-order valence-electron chi connectivity index (χ3n) is 2.34. The van der Waals surface area contributed by atoms with Crippen LogP contribution < -0.4 is 5.73 Å². The predicted molar refractivity (Wildman–Crippen MR) is 68.7 cm³/mol. The van der Waals surface area contributed by atoms with Crippen LogP contribution in [0.25, 0.3) is 0 Å². The van der Waals surface area contributed by atoms with Crippen molar-refractivity contribution in [3.8, 4) is 0 Å². The molecule has 0 saturated carbocycles. The van der Waals surface area contributed by atoms with E-state index in [0.717, 1.165) is 19.3 Å². The number of carbonyl (C=O) groups is 1. The molecule has 0 aromatic carbocycles. The van der Waals surface area contributed by atoms with E-state index in [1.807, 2.05) is 27.7 Å². The van der Waals surface area contributed by atoms with Gasteiger partial charge in [-0.3, -0.25) is 4.79 Å². The Morgan fingerprint density at radius 1 is 1.29 bits per heavy atom. The standard InChI is InChI=1S/C13H27NO3/c1-5-11(7-10-16-9-6-8-14)12(15)17-13(2,3)4/h11H,5-10,14H2,1-4H3. The molecular formula is C13H27NO3. The topological polar surface area (TPSA) is 61.5 Å². The van der Waals surface area contributed by atoms with Gasteiger partial charge in [0.05, 0.1) is 5.92 Å². The maximum Gasteiger partial charge on any atom is 0.309 e. The van der Waals surface area contributed by atoms with E-state index >= 15 is 0 Å². The van der Waals surface area contributed by atoms with Crippen LogP contribution in [0.4, 0.5) is 0 Å². The fourth-order valence-corrected chi connectivity index (χ4v) is 1.39. The maximum atomic E-state index is 11.8.